The first-order chi connectivity index (χ1) is 10.3. The average Bonchev–Trinajstić information content (AvgIpc) is 3.17. The third kappa shape index (κ3) is 3.70. The van der Waals surface area contributed by atoms with Crippen LogP contribution in [0.1, 0.15) is 50.2 Å². The fourth-order valence-corrected chi connectivity index (χ4v) is 3.27. The molecule has 1 saturated carbocycles. The van der Waals surface area contributed by atoms with Crippen LogP contribution < -0.4 is 4.84 Å². The molecule has 119 valence electrons. The molecule has 2 aliphatic rings. The van der Waals surface area contributed by atoms with Crippen molar-refractivity contribution < 1.29 is 19.3 Å². The molecular weight excluding hydrogens is 283 g/mol. The number of hydrogen-bond donors (Lipinski definition) is 1. The smallest absolute Gasteiger partial charge is 0.277 e. The number of hydrogen-bond acceptors (Lipinski definition) is 6. The SMILES string of the molecule is O=C[C@@H]1CCCN1Oc1cc(C2CCC(CO)CC2)on1.[B]. The lowest BCUT2D eigenvalue weighted by Gasteiger charge is -2.25. The molecule has 2 fully saturated rings. The standard InChI is InChI=1S/C15H22N2O4.B/c18-9-11-3-5-12(6-4-11)14-8-15(16-20-14)21-17-7-1-2-13(17)10-19;/h8,10-13,18H,1-7,9H2;/t11?,12?,13-;/m0./s1. The van der Waals surface area contributed by atoms with Crippen molar-refractivity contribution in [2.45, 2.75) is 50.5 Å². The lowest BCUT2D eigenvalue weighted by Crippen LogP contribution is -2.33. The van der Waals surface area contributed by atoms with Gasteiger partial charge >= 0.3 is 0 Å². The van der Waals surface area contributed by atoms with E-state index in [1.807, 2.05) is 6.07 Å². The normalized spacial score (nSPS) is 29.0. The first kappa shape index (κ1) is 17.0. The highest BCUT2D eigenvalue weighted by Crippen LogP contribution is 2.36. The first-order valence-corrected chi connectivity index (χ1v) is 7.77. The van der Waals surface area contributed by atoms with Crippen molar-refractivity contribution >= 4 is 14.7 Å². The number of aldehydes is 1. The zero-order valence-electron chi connectivity index (χ0n) is 12.7. The van der Waals surface area contributed by atoms with Gasteiger partial charge in [0.15, 0.2) is 0 Å². The maximum absolute atomic E-state index is 10.9. The molecular formula is C15H22BN2O4. The van der Waals surface area contributed by atoms with Crippen LogP contribution in [0.2, 0.25) is 0 Å². The molecule has 1 atom stereocenters. The van der Waals surface area contributed by atoms with Crippen molar-refractivity contribution in [3.05, 3.63) is 11.8 Å². The molecule has 22 heavy (non-hydrogen) atoms. The van der Waals surface area contributed by atoms with Gasteiger partial charge in [-0.3, -0.25) is 0 Å². The molecule has 6 nitrogen and oxygen atoms in total. The van der Waals surface area contributed by atoms with Crippen LogP contribution in [0.15, 0.2) is 10.6 Å². The second kappa shape index (κ2) is 7.79. The van der Waals surface area contributed by atoms with Crippen LogP contribution in [0.25, 0.3) is 0 Å². The van der Waals surface area contributed by atoms with Crippen LogP contribution in [0.5, 0.6) is 5.88 Å². The fraction of sp³-hybridized carbons (Fsp3) is 0.733. The molecule has 1 saturated heterocycles. The van der Waals surface area contributed by atoms with Crippen molar-refractivity contribution in [3.8, 4) is 5.88 Å². The summed E-state index contributed by atoms with van der Waals surface area (Å²) in [5.74, 6) is 2.07. The van der Waals surface area contributed by atoms with Crippen molar-refractivity contribution in [2.75, 3.05) is 13.2 Å². The van der Waals surface area contributed by atoms with E-state index in [4.69, 9.17) is 14.5 Å². The maximum Gasteiger partial charge on any atom is 0.277 e. The van der Waals surface area contributed by atoms with E-state index in [1.54, 1.807) is 5.06 Å². The van der Waals surface area contributed by atoms with Crippen LogP contribution in [0.3, 0.4) is 0 Å². The second-order valence-electron chi connectivity index (χ2n) is 6.05. The van der Waals surface area contributed by atoms with Gasteiger partial charge in [-0.1, -0.05) is 0 Å². The van der Waals surface area contributed by atoms with Crippen molar-refractivity contribution in [2.24, 2.45) is 5.92 Å². The minimum atomic E-state index is -0.176. The lowest BCUT2D eigenvalue weighted by molar-refractivity contribution is -0.125. The van der Waals surface area contributed by atoms with E-state index < -0.39 is 0 Å². The molecule has 1 N–H and O–H groups in total. The summed E-state index contributed by atoms with van der Waals surface area (Å²) in [5, 5.41) is 14.8. The summed E-state index contributed by atoms with van der Waals surface area (Å²) < 4.78 is 5.40. The summed E-state index contributed by atoms with van der Waals surface area (Å²) in [7, 11) is 0. The third-order valence-electron chi connectivity index (χ3n) is 4.63. The van der Waals surface area contributed by atoms with Gasteiger partial charge in [-0.25, -0.2) is 0 Å². The maximum atomic E-state index is 10.9. The molecule has 1 aliphatic carbocycles. The van der Waals surface area contributed by atoms with Gasteiger partial charge in [-0.05, 0) is 49.6 Å². The molecule has 2 heterocycles. The van der Waals surface area contributed by atoms with E-state index in [0.29, 0.717) is 17.7 Å². The number of nitrogens with zero attached hydrogens (tertiary/aromatic N) is 2. The van der Waals surface area contributed by atoms with E-state index in [9.17, 15) is 4.79 Å². The second-order valence-corrected chi connectivity index (χ2v) is 6.05. The summed E-state index contributed by atoms with van der Waals surface area (Å²) in [6.45, 7) is 1.02. The van der Waals surface area contributed by atoms with Crippen LogP contribution in [-0.4, -0.2) is 49.2 Å². The summed E-state index contributed by atoms with van der Waals surface area (Å²) >= 11 is 0. The highest BCUT2D eigenvalue weighted by molar-refractivity contribution is 5.75. The zero-order valence-corrected chi connectivity index (χ0v) is 12.7. The van der Waals surface area contributed by atoms with E-state index in [0.717, 1.165) is 57.1 Å². The summed E-state index contributed by atoms with van der Waals surface area (Å²) in [6, 6.07) is 1.66. The van der Waals surface area contributed by atoms with Gasteiger partial charge < -0.3 is 19.3 Å². The van der Waals surface area contributed by atoms with Gasteiger partial charge in [0.25, 0.3) is 5.88 Å². The average molecular weight is 305 g/mol. The van der Waals surface area contributed by atoms with Crippen LogP contribution in [0.4, 0.5) is 0 Å². The quantitative estimate of drug-likeness (QED) is 0.656. The number of hydroxylamine groups is 2. The Balaban J connectivity index is 0.00000176. The number of aliphatic hydroxyl groups is 1. The molecule has 3 radical (unpaired) electrons. The number of aliphatic hydroxyl groups excluding tert-OH is 1. The van der Waals surface area contributed by atoms with E-state index >= 15 is 0 Å². The fourth-order valence-electron chi connectivity index (χ4n) is 3.27. The summed E-state index contributed by atoms with van der Waals surface area (Å²) in [4.78, 5) is 16.6. The topological polar surface area (TPSA) is 75.8 Å². The Labute approximate surface area is 132 Å². The van der Waals surface area contributed by atoms with Gasteiger partial charge in [0.1, 0.15) is 18.1 Å². The van der Waals surface area contributed by atoms with E-state index in [-0.39, 0.29) is 21.1 Å². The van der Waals surface area contributed by atoms with Gasteiger partial charge in [-0.15, -0.1) is 5.06 Å². The van der Waals surface area contributed by atoms with Gasteiger partial charge in [0.2, 0.25) is 0 Å². The number of carbonyl (C=O) groups excluding carboxylic acids is 1. The zero-order chi connectivity index (χ0) is 14.7. The molecule has 7 heteroatoms. The predicted molar refractivity (Wildman–Crippen MR) is 80.5 cm³/mol. The van der Waals surface area contributed by atoms with E-state index in [1.165, 1.54) is 0 Å². The molecule has 0 unspecified atom stereocenters. The number of aromatic nitrogens is 1. The Morgan fingerprint density at radius 2 is 2.14 bits per heavy atom. The Morgan fingerprint density at radius 1 is 1.36 bits per heavy atom. The van der Waals surface area contributed by atoms with Crippen molar-refractivity contribution in [1.82, 2.24) is 10.2 Å². The first-order valence-electron chi connectivity index (χ1n) is 7.77. The van der Waals surface area contributed by atoms with Crippen molar-refractivity contribution in [1.29, 1.82) is 0 Å². The Bertz CT molecular complexity index is 474. The van der Waals surface area contributed by atoms with Crippen LogP contribution in [0, 0.1) is 5.92 Å². The third-order valence-corrected chi connectivity index (χ3v) is 4.63. The van der Waals surface area contributed by atoms with Gasteiger partial charge in [-0.2, -0.15) is 0 Å². The lowest BCUT2D eigenvalue weighted by atomic mass is 9.81. The highest BCUT2D eigenvalue weighted by Gasteiger charge is 2.28. The predicted octanol–water partition coefficient (Wildman–Crippen LogP) is 1.52. The molecule has 1 aromatic rings. The van der Waals surface area contributed by atoms with E-state index in [2.05, 4.69) is 5.16 Å². The highest BCUT2D eigenvalue weighted by atomic mass is 16.7. The van der Waals surface area contributed by atoms with Crippen molar-refractivity contribution in [3.63, 3.8) is 0 Å². The Hall–Kier alpha value is -1.34. The molecule has 0 amide bonds. The van der Waals surface area contributed by atoms with Gasteiger partial charge in [0, 0.05) is 33.5 Å². The number of rotatable bonds is 5. The monoisotopic (exact) mass is 305 g/mol. The largest absolute Gasteiger partial charge is 0.396 e. The summed E-state index contributed by atoms with van der Waals surface area (Å²) in [6.07, 6.45) is 6.79. The Kier molecular flexibility index (Phi) is 6.02. The molecule has 3 rings (SSSR count). The van der Waals surface area contributed by atoms with Crippen LogP contribution in [-0.2, 0) is 4.79 Å². The Morgan fingerprint density at radius 3 is 2.82 bits per heavy atom. The van der Waals surface area contributed by atoms with Crippen LogP contribution >= 0.6 is 0 Å². The number of carbonyl (C=O) groups is 1. The molecule has 1 aromatic heterocycles. The molecule has 0 spiro atoms. The van der Waals surface area contributed by atoms with Gasteiger partial charge in [0.05, 0.1) is 0 Å². The minimum absolute atomic E-state index is 0. The minimum Gasteiger partial charge on any atom is -0.396 e. The summed E-state index contributed by atoms with van der Waals surface area (Å²) in [5.41, 5.74) is 0. The molecule has 0 bridgehead atoms. The molecule has 0 aromatic carbocycles. The molecule has 1 aliphatic heterocycles.